The van der Waals surface area contributed by atoms with E-state index in [1.165, 1.54) is 11.3 Å². The molecule has 3 aromatic rings. The second kappa shape index (κ2) is 8.44. The maximum atomic E-state index is 11.5. The number of hydrogen-bond acceptors (Lipinski definition) is 7. The number of nitrogens with zero attached hydrogens (tertiary/aromatic N) is 2. The Morgan fingerprint density at radius 3 is 3.04 bits per heavy atom. The number of aromatic nitrogens is 1. The smallest absolute Gasteiger partial charge is 0.311 e. The number of carbonyl (C=O) groups excluding carboxylic acids is 1. The van der Waals surface area contributed by atoms with Crippen LogP contribution in [0.1, 0.15) is 23.9 Å². The highest BCUT2D eigenvalue weighted by atomic mass is 32.1. The fraction of sp³-hybridized carbons (Fsp3) is 0.211. The third-order valence-electron chi connectivity index (χ3n) is 3.47. The summed E-state index contributed by atoms with van der Waals surface area (Å²) in [6, 6.07) is 11.8. The maximum absolute atomic E-state index is 11.5. The lowest BCUT2D eigenvalue weighted by Crippen LogP contribution is -2.07. The number of hydrogen-bond donors (Lipinski definition) is 1. The van der Waals surface area contributed by atoms with Crippen LogP contribution in [-0.2, 0) is 16.0 Å². The van der Waals surface area contributed by atoms with Crippen molar-refractivity contribution in [3.05, 3.63) is 58.8 Å². The van der Waals surface area contributed by atoms with Gasteiger partial charge < -0.3 is 9.15 Å². The van der Waals surface area contributed by atoms with E-state index in [1.54, 1.807) is 13.1 Å². The summed E-state index contributed by atoms with van der Waals surface area (Å²) in [7, 11) is 0. The summed E-state index contributed by atoms with van der Waals surface area (Å²) in [6.07, 6.45) is 1.88. The normalized spacial score (nSPS) is 11.0. The van der Waals surface area contributed by atoms with Crippen LogP contribution in [0.5, 0.6) is 0 Å². The first-order valence-electron chi connectivity index (χ1n) is 8.20. The average Bonchev–Trinajstić information content (AvgIpc) is 3.24. The fourth-order valence-electron chi connectivity index (χ4n) is 2.32. The summed E-state index contributed by atoms with van der Waals surface area (Å²) in [5, 5.41) is 6.64. The lowest BCUT2D eigenvalue weighted by molar-refractivity contribution is -0.142. The molecule has 0 amide bonds. The number of ether oxygens (including phenoxy) is 1. The molecule has 1 aromatic carbocycles. The minimum Gasteiger partial charge on any atom is -0.466 e. The molecule has 1 N–H and O–H groups in total. The van der Waals surface area contributed by atoms with Gasteiger partial charge in [-0.1, -0.05) is 18.2 Å². The van der Waals surface area contributed by atoms with Crippen molar-refractivity contribution in [3.63, 3.8) is 0 Å². The molecular formula is C19H19N3O3S. The van der Waals surface area contributed by atoms with Crippen LogP contribution < -0.4 is 5.43 Å². The van der Waals surface area contributed by atoms with E-state index in [0.29, 0.717) is 17.4 Å². The monoisotopic (exact) mass is 369 g/mol. The highest BCUT2D eigenvalue weighted by Crippen LogP contribution is 2.22. The number of aryl methyl sites for hydroxylation is 1. The molecule has 26 heavy (non-hydrogen) atoms. The van der Waals surface area contributed by atoms with E-state index in [2.05, 4.69) is 15.5 Å². The second-order valence-electron chi connectivity index (χ2n) is 5.53. The van der Waals surface area contributed by atoms with E-state index in [9.17, 15) is 4.79 Å². The molecule has 0 fully saturated rings. The molecule has 0 bridgehead atoms. The van der Waals surface area contributed by atoms with E-state index in [1.807, 2.05) is 48.7 Å². The van der Waals surface area contributed by atoms with Gasteiger partial charge in [0.25, 0.3) is 0 Å². The molecule has 134 valence electrons. The molecule has 2 heterocycles. The van der Waals surface area contributed by atoms with Crippen molar-refractivity contribution < 1.29 is 13.9 Å². The van der Waals surface area contributed by atoms with Gasteiger partial charge in [0, 0.05) is 10.9 Å². The highest BCUT2D eigenvalue weighted by Gasteiger charge is 2.08. The molecule has 0 atom stereocenters. The van der Waals surface area contributed by atoms with Crippen molar-refractivity contribution in [2.75, 3.05) is 12.0 Å². The standard InChI is InChI=1S/C19H19N3O3S/c1-3-24-18(23)10-16-12-26-19(21-16)22-20-11-14-5-4-6-15(9-14)17-8-7-13(2)25-17/h4-9,11-12H,3,10H2,1-2H3,(H,21,22). The van der Waals surface area contributed by atoms with Gasteiger partial charge in [-0.3, -0.25) is 10.2 Å². The number of rotatable bonds is 7. The molecule has 3 rings (SSSR count). The Morgan fingerprint density at radius 1 is 1.38 bits per heavy atom. The van der Waals surface area contributed by atoms with E-state index in [4.69, 9.17) is 9.15 Å². The van der Waals surface area contributed by atoms with Crippen molar-refractivity contribution in [2.45, 2.75) is 20.3 Å². The summed E-state index contributed by atoms with van der Waals surface area (Å²) in [5.74, 6) is 1.43. The van der Waals surface area contributed by atoms with Gasteiger partial charge in [-0.05, 0) is 37.6 Å². The van der Waals surface area contributed by atoms with Crippen molar-refractivity contribution >= 4 is 28.7 Å². The molecule has 0 radical (unpaired) electrons. The molecule has 7 heteroatoms. The van der Waals surface area contributed by atoms with Crippen molar-refractivity contribution in [1.82, 2.24) is 4.98 Å². The predicted octanol–water partition coefficient (Wildman–Crippen LogP) is 4.26. The van der Waals surface area contributed by atoms with Gasteiger partial charge >= 0.3 is 5.97 Å². The van der Waals surface area contributed by atoms with Gasteiger partial charge in [0.05, 0.1) is 24.9 Å². The number of nitrogens with one attached hydrogen (secondary N) is 1. The molecule has 2 aromatic heterocycles. The van der Waals surface area contributed by atoms with Gasteiger partial charge in [-0.25, -0.2) is 4.98 Å². The molecule has 0 aliphatic carbocycles. The van der Waals surface area contributed by atoms with E-state index >= 15 is 0 Å². The molecular weight excluding hydrogens is 350 g/mol. The zero-order chi connectivity index (χ0) is 18.4. The lowest BCUT2D eigenvalue weighted by atomic mass is 10.1. The fourth-order valence-corrected chi connectivity index (χ4v) is 2.98. The number of anilines is 1. The number of hydrazone groups is 1. The van der Waals surface area contributed by atoms with E-state index in [0.717, 1.165) is 22.6 Å². The first-order chi connectivity index (χ1) is 12.6. The molecule has 0 spiro atoms. The summed E-state index contributed by atoms with van der Waals surface area (Å²) < 4.78 is 10.6. The Labute approximate surface area is 155 Å². The summed E-state index contributed by atoms with van der Waals surface area (Å²) >= 11 is 1.39. The Bertz CT molecular complexity index is 914. The average molecular weight is 369 g/mol. The third kappa shape index (κ3) is 4.80. The maximum Gasteiger partial charge on any atom is 0.311 e. The van der Waals surface area contributed by atoms with Gasteiger partial charge in [-0.15, -0.1) is 11.3 Å². The SMILES string of the molecule is CCOC(=O)Cc1csc(NN=Cc2cccc(-c3ccc(C)o3)c2)n1. The molecule has 0 saturated heterocycles. The third-order valence-corrected chi connectivity index (χ3v) is 4.26. The minimum atomic E-state index is -0.280. The number of carbonyl (C=O) groups is 1. The second-order valence-corrected chi connectivity index (χ2v) is 6.39. The summed E-state index contributed by atoms with van der Waals surface area (Å²) in [5.41, 5.74) is 5.48. The van der Waals surface area contributed by atoms with Crippen molar-refractivity contribution in [3.8, 4) is 11.3 Å². The molecule has 0 unspecified atom stereocenters. The largest absolute Gasteiger partial charge is 0.466 e. The molecule has 0 aliphatic rings. The van der Waals surface area contributed by atoms with Crippen molar-refractivity contribution in [1.29, 1.82) is 0 Å². The van der Waals surface area contributed by atoms with Gasteiger partial charge in [0.2, 0.25) is 5.13 Å². The molecule has 0 saturated carbocycles. The Hall–Kier alpha value is -2.93. The van der Waals surface area contributed by atoms with Crippen LogP contribution in [0.3, 0.4) is 0 Å². The van der Waals surface area contributed by atoms with E-state index < -0.39 is 0 Å². The number of thiazole rings is 1. The zero-order valence-corrected chi connectivity index (χ0v) is 15.4. The van der Waals surface area contributed by atoms with Crippen LogP contribution in [0.15, 0.2) is 51.3 Å². The van der Waals surface area contributed by atoms with Crippen LogP contribution in [-0.4, -0.2) is 23.8 Å². The zero-order valence-electron chi connectivity index (χ0n) is 14.6. The van der Waals surface area contributed by atoms with E-state index in [-0.39, 0.29) is 12.4 Å². The molecule has 0 aliphatic heterocycles. The van der Waals surface area contributed by atoms with Gasteiger partial charge in [0.15, 0.2) is 0 Å². The Kier molecular flexibility index (Phi) is 5.80. The van der Waals surface area contributed by atoms with Gasteiger partial charge in [0.1, 0.15) is 11.5 Å². The van der Waals surface area contributed by atoms with Crippen LogP contribution in [0.4, 0.5) is 5.13 Å². The number of furan rings is 1. The topological polar surface area (TPSA) is 76.7 Å². The summed E-state index contributed by atoms with van der Waals surface area (Å²) in [4.78, 5) is 15.8. The van der Waals surface area contributed by atoms with Crippen LogP contribution >= 0.6 is 11.3 Å². The Morgan fingerprint density at radius 2 is 2.27 bits per heavy atom. The first-order valence-corrected chi connectivity index (χ1v) is 9.08. The molecule has 6 nitrogen and oxygen atoms in total. The highest BCUT2D eigenvalue weighted by molar-refractivity contribution is 7.13. The lowest BCUT2D eigenvalue weighted by Gasteiger charge is -1.99. The van der Waals surface area contributed by atoms with Crippen LogP contribution in [0.2, 0.25) is 0 Å². The van der Waals surface area contributed by atoms with Gasteiger partial charge in [-0.2, -0.15) is 5.10 Å². The minimum absolute atomic E-state index is 0.167. The summed E-state index contributed by atoms with van der Waals surface area (Å²) in [6.45, 7) is 4.07. The Balaban J connectivity index is 1.61. The number of esters is 1. The number of benzene rings is 1. The predicted molar refractivity (Wildman–Crippen MR) is 103 cm³/mol. The first kappa shape index (κ1) is 17.9. The van der Waals surface area contributed by atoms with Crippen molar-refractivity contribution in [2.24, 2.45) is 5.10 Å². The van der Waals surface area contributed by atoms with Crippen LogP contribution in [0.25, 0.3) is 11.3 Å². The quantitative estimate of drug-likeness (QED) is 0.382. The van der Waals surface area contributed by atoms with Crippen LogP contribution in [0, 0.1) is 6.92 Å².